The van der Waals surface area contributed by atoms with E-state index in [1.807, 2.05) is 20.8 Å². The Labute approximate surface area is 126 Å². The van der Waals surface area contributed by atoms with Crippen molar-refractivity contribution in [3.8, 4) is 0 Å². The third-order valence-corrected chi connectivity index (χ3v) is 3.24. The van der Waals surface area contributed by atoms with Gasteiger partial charge in [-0.05, 0) is 19.3 Å². The van der Waals surface area contributed by atoms with E-state index in [0.29, 0.717) is 6.42 Å². The van der Waals surface area contributed by atoms with E-state index < -0.39 is 18.1 Å². The van der Waals surface area contributed by atoms with Crippen molar-refractivity contribution < 1.29 is 14.4 Å². The van der Waals surface area contributed by atoms with E-state index in [0.717, 1.165) is 19.1 Å². The summed E-state index contributed by atoms with van der Waals surface area (Å²) < 4.78 is 0. The molecule has 0 aliphatic carbocycles. The Morgan fingerprint density at radius 2 is 1.76 bits per heavy atom. The van der Waals surface area contributed by atoms with Crippen LogP contribution in [0.1, 0.15) is 47.0 Å². The molecule has 7 nitrogen and oxygen atoms in total. The fourth-order valence-corrected chi connectivity index (χ4v) is 1.85. The van der Waals surface area contributed by atoms with Crippen LogP contribution in [-0.4, -0.2) is 36.2 Å². The van der Waals surface area contributed by atoms with Gasteiger partial charge in [-0.2, -0.15) is 0 Å². The van der Waals surface area contributed by atoms with Crippen molar-refractivity contribution in [3.05, 3.63) is 0 Å². The molecule has 7 heteroatoms. The van der Waals surface area contributed by atoms with Crippen LogP contribution >= 0.6 is 0 Å². The maximum atomic E-state index is 12.0. The van der Waals surface area contributed by atoms with Gasteiger partial charge in [0.05, 0.1) is 6.04 Å². The second kappa shape index (κ2) is 10.3. The summed E-state index contributed by atoms with van der Waals surface area (Å²) in [6, 6.07) is -1.80. The summed E-state index contributed by atoms with van der Waals surface area (Å²) in [5, 5.41) is 5.21. The third kappa shape index (κ3) is 7.19. The average Bonchev–Trinajstić information content (AvgIpc) is 2.43. The van der Waals surface area contributed by atoms with Gasteiger partial charge in [0.15, 0.2) is 0 Å². The molecule has 21 heavy (non-hydrogen) atoms. The number of hydrogen-bond acceptors (Lipinski definition) is 5. The van der Waals surface area contributed by atoms with Crippen molar-refractivity contribution >= 4 is 18.1 Å². The molecule has 0 spiro atoms. The molecule has 0 aromatic heterocycles. The number of hydrogen-bond donors (Lipinski definition) is 4. The number of nitrogens with one attached hydrogen (secondary N) is 3. The van der Waals surface area contributed by atoms with Crippen molar-refractivity contribution in [1.29, 1.82) is 0 Å². The number of nitrogens with two attached hydrogens (primary N) is 1. The Balaban J connectivity index is 4.43. The summed E-state index contributed by atoms with van der Waals surface area (Å²) >= 11 is 0. The molecule has 0 unspecified atom stereocenters. The van der Waals surface area contributed by atoms with Gasteiger partial charge in [-0.1, -0.05) is 33.6 Å². The Morgan fingerprint density at radius 1 is 1.14 bits per heavy atom. The second-order valence-electron chi connectivity index (χ2n) is 5.51. The van der Waals surface area contributed by atoms with Gasteiger partial charge in [0.25, 0.3) is 0 Å². The molecule has 0 saturated heterocycles. The van der Waals surface area contributed by atoms with E-state index >= 15 is 0 Å². The van der Waals surface area contributed by atoms with Gasteiger partial charge >= 0.3 is 0 Å². The molecule has 2 amide bonds. The first kappa shape index (κ1) is 19.5. The maximum absolute atomic E-state index is 12.0. The lowest BCUT2D eigenvalue weighted by atomic mass is 10.0. The first-order chi connectivity index (χ1) is 9.87. The van der Waals surface area contributed by atoms with E-state index in [1.54, 1.807) is 6.92 Å². The first-order valence-corrected chi connectivity index (χ1v) is 7.39. The summed E-state index contributed by atoms with van der Waals surface area (Å²) in [5.74, 6) is 4.60. The fourth-order valence-electron chi connectivity index (χ4n) is 1.85. The van der Waals surface area contributed by atoms with Crippen LogP contribution in [-0.2, 0) is 14.4 Å². The van der Waals surface area contributed by atoms with Crippen LogP contribution < -0.4 is 21.9 Å². The smallest absolute Gasteiger partial charge is 0.242 e. The number of rotatable bonds is 10. The lowest BCUT2D eigenvalue weighted by Crippen LogP contribution is -2.55. The molecule has 122 valence electrons. The average molecular weight is 300 g/mol. The highest BCUT2D eigenvalue weighted by molar-refractivity contribution is 5.90. The van der Waals surface area contributed by atoms with E-state index in [4.69, 9.17) is 5.84 Å². The molecule has 0 aliphatic rings. The first-order valence-electron chi connectivity index (χ1n) is 7.39. The van der Waals surface area contributed by atoms with Crippen LogP contribution in [0, 0.1) is 5.92 Å². The topological polar surface area (TPSA) is 113 Å². The summed E-state index contributed by atoms with van der Waals surface area (Å²) in [4.78, 5) is 34.8. The predicted molar refractivity (Wildman–Crippen MR) is 81.1 cm³/mol. The van der Waals surface area contributed by atoms with Gasteiger partial charge in [0, 0.05) is 0 Å². The predicted octanol–water partition coefficient (Wildman–Crippen LogP) is -0.147. The maximum Gasteiger partial charge on any atom is 0.242 e. The van der Waals surface area contributed by atoms with Gasteiger partial charge in [-0.15, -0.1) is 0 Å². The number of amides is 2. The van der Waals surface area contributed by atoms with Crippen molar-refractivity contribution in [2.24, 2.45) is 11.8 Å². The van der Waals surface area contributed by atoms with Gasteiger partial charge in [0.2, 0.25) is 11.8 Å². The molecule has 0 bridgehead atoms. The van der Waals surface area contributed by atoms with Crippen molar-refractivity contribution in [1.82, 2.24) is 16.1 Å². The normalized spacial score (nSPS) is 15.1. The highest BCUT2D eigenvalue weighted by atomic mass is 16.2. The molecular formula is C14H28N4O3. The Kier molecular flexibility index (Phi) is 9.56. The van der Waals surface area contributed by atoms with E-state index in [9.17, 15) is 14.4 Å². The van der Waals surface area contributed by atoms with E-state index in [-0.39, 0.29) is 17.7 Å². The Morgan fingerprint density at radius 3 is 2.19 bits per heavy atom. The van der Waals surface area contributed by atoms with Gasteiger partial charge in [-0.3, -0.25) is 15.4 Å². The van der Waals surface area contributed by atoms with Crippen molar-refractivity contribution in [3.63, 3.8) is 0 Å². The number of aldehydes is 1. The summed E-state index contributed by atoms with van der Waals surface area (Å²) in [6.45, 7) is 7.28. The zero-order chi connectivity index (χ0) is 16.4. The van der Waals surface area contributed by atoms with Gasteiger partial charge in [0.1, 0.15) is 18.4 Å². The van der Waals surface area contributed by atoms with E-state index in [2.05, 4.69) is 16.1 Å². The van der Waals surface area contributed by atoms with E-state index in [1.165, 1.54) is 0 Å². The van der Waals surface area contributed by atoms with Crippen LogP contribution in [0.25, 0.3) is 0 Å². The minimum absolute atomic E-state index is 0.00228. The summed E-state index contributed by atoms with van der Waals surface area (Å²) in [5.41, 5.74) is 2.43. The minimum Gasteiger partial charge on any atom is -0.345 e. The fraction of sp³-hybridized carbons (Fsp3) is 0.786. The van der Waals surface area contributed by atoms with Crippen molar-refractivity contribution in [2.75, 3.05) is 0 Å². The SMILES string of the molecule is CCCC[C@@H](C=O)NC(=O)[C@H](C)NC(=O)[C@@H](NN)C(C)C. The van der Waals surface area contributed by atoms with Crippen LogP contribution in [0.4, 0.5) is 0 Å². The van der Waals surface area contributed by atoms with Crippen LogP contribution in [0.3, 0.4) is 0 Å². The standard InChI is InChI=1S/C14H28N4O3/c1-5-6-7-11(8-19)17-13(20)10(4)16-14(21)12(18-15)9(2)3/h8-12,18H,5-7,15H2,1-4H3,(H,16,21)(H,17,20)/t10-,11-,12-/m0/s1. The molecule has 0 aromatic rings. The molecule has 0 aromatic carbocycles. The highest BCUT2D eigenvalue weighted by Crippen LogP contribution is 2.02. The Hall–Kier alpha value is -1.47. The van der Waals surface area contributed by atoms with Crippen molar-refractivity contribution in [2.45, 2.75) is 65.1 Å². The largest absolute Gasteiger partial charge is 0.345 e. The molecule has 0 heterocycles. The lowest BCUT2D eigenvalue weighted by Gasteiger charge is -2.22. The quantitative estimate of drug-likeness (QED) is 0.255. The highest BCUT2D eigenvalue weighted by Gasteiger charge is 2.25. The summed E-state index contributed by atoms with van der Waals surface area (Å²) in [7, 11) is 0. The number of carbonyl (C=O) groups excluding carboxylic acids is 3. The summed E-state index contributed by atoms with van der Waals surface area (Å²) in [6.07, 6.45) is 3.13. The molecular weight excluding hydrogens is 272 g/mol. The second-order valence-corrected chi connectivity index (χ2v) is 5.51. The lowest BCUT2D eigenvalue weighted by molar-refractivity contribution is -0.131. The zero-order valence-corrected chi connectivity index (χ0v) is 13.3. The minimum atomic E-state index is -0.726. The zero-order valence-electron chi connectivity index (χ0n) is 13.3. The number of carbonyl (C=O) groups is 3. The van der Waals surface area contributed by atoms with Crippen LogP contribution in [0.5, 0.6) is 0 Å². The number of unbranched alkanes of at least 4 members (excludes halogenated alkanes) is 1. The third-order valence-electron chi connectivity index (χ3n) is 3.24. The Bertz CT molecular complexity index is 347. The number of hydrazine groups is 1. The van der Waals surface area contributed by atoms with Gasteiger partial charge in [-0.25, -0.2) is 5.43 Å². The monoisotopic (exact) mass is 300 g/mol. The molecule has 0 aliphatic heterocycles. The molecule has 0 rings (SSSR count). The van der Waals surface area contributed by atoms with Crippen LogP contribution in [0.2, 0.25) is 0 Å². The molecule has 0 saturated carbocycles. The van der Waals surface area contributed by atoms with Crippen LogP contribution in [0.15, 0.2) is 0 Å². The molecule has 5 N–H and O–H groups in total. The molecule has 3 atom stereocenters. The molecule has 0 fully saturated rings. The van der Waals surface area contributed by atoms with Gasteiger partial charge < -0.3 is 15.4 Å². The molecule has 0 radical (unpaired) electrons.